The molecule has 1 aromatic heterocycles. The van der Waals surface area contributed by atoms with Gasteiger partial charge in [-0.2, -0.15) is 0 Å². The van der Waals surface area contributed by atoms with Crippen LogP contribution in [0.4, 0.5) is 11.4 Å². The van der Waals surface area contributed by atoms with E-state index in [1.165, 1.54) is 64.8 Å². The molecule has 0 radical (unpaired) electrons. The Morgan fingerprint density at radius 3 is 1.49 bits per heavy atom. The molecule has 0 aliphatic carbocycles. The SMILES string of the molecule is c1ccc(N2B3c4ccc(-c5ccccc5-n5c6ccccc6c6ccccc65)cc4Oc4cc([Si](c5ccccc5)(c5ccccc5)c5ccccc5)cc(c43)-c3ccccc32)cc1. The number of aromatic nitrogens is 1. The van der Waals surface area contributed by atoms with Gasteiger partial charge in [0.15, 0.2) is 8.07 Å². The molecule has 0 saturated carbocycles. The Balaban J connectivity index is 1.08. The van der Waals surface area contributed by atoms with E-state index in [9.17, 15) is 0 Å². The second-order valence-electron chi connectivity index (χ2n) is 17.2. The summed E-state index contributed by atoms with van der Waals surface area (Å²) >= 11 is 0. The van der Waals surface area contributed by atoms with E-state index in [4.69, 9.17) is 4.74 Å². The van der Waals surface area contributed by atoms with Crippen LogP contribution in [0, 0.1) is 0 Å². The monoisotopic (exact) mass is 844 g/mol. The fourth-order valence-electron chi connectivity index (χ4n) is 11.1. The molecule has 3 nitrogen and oxygen atoms in total. The summed E-state index contributed by atoms with van der Waals surface area (Å²) < 4.78 is 9.91. The van der Waals surface area contributed by atoms with E-state index in [1.807, 2.05) is 0 Å². The molecule has 11 aromatic rings. The van der Waals surface area contributed by atoms with Crippen molar-refractivity contribution >= 4 is 79.8 Å². The molecule has 0 spiro atoms. The first-order valence-corrected chi connectivity index (χ1v) is 24.5. The quantitative estimate of drug-likeness (QED) is 0.117. The average molecular weight is 845 g/mol. The Morgan fingerprint density at radius 1 is 0.369 bits per heavy atom. The minimum absolute atomic E-state index is 0.141. The Bertz CT molecular complexity index is 3440. The molecule has 13 rings (SSSR count). The lowest BCUT2D eigenvalue weighted by Gasteiger charge is -2.43. The van der Waals surface area contributed by atoms with Crippen molar-refractivity contribution in [3.63, 3.8) is 0 Å². The second kappa shape index (κ2) is 15.0. The molecule has 2 aliphatic rings. The molecule has 0 unspecified atom stereocenters. The van der Waals surface area contributed by atoms with Gasteiger partial charge in [-0.25, -0.2) is 0 Å². The predicted octanol–water partition coefficient (Wildman–Crippen LogP) is 10.9. The fraction of sp³-hybridized carbons (Fsp3) is 0. The number of benzene rings is 10. The summed E-state index contributed by atoms with van der Waals surface area (Å²) in [5.41, 5.74) is 12.8. The Labute approximate surface area is 380 Å². The van der Waals surface area contributed by atoms with Crippen LogP contribution in [-0.4, -0.2) is 19.5 Å². The van der Waals surface area contributed by atoms with Crippen molar-refractivity contribution in [1.29, 1.82) is 0 Å². The van der Waals surface area contributed by atoms with Crippen molar-refractivity contribution in [2.45, 2.75) is 0 Å². The number of nitrogens with zero attached hydrogens (tertiary/aromatic N) is 2. The van der Waals surface area contributed by atoms with Crippen LogP contribution < -0.4 is 41.2 Å². The summed E-state index contributed by atoms with van der Waals surface area (Å²) in [6, 6.07) is 91.5. The van der Waals surface area contributed by atoms with Crippen LogP contribution in [-0.2, 0) is 0 Å². The first kappa shape index (κ1) is 37.4. The Morgan fingerprint density at radius 2 is 0.877 bits per heavy atom. The highest BCUT2D eigenvalue weighted by atomic mass is 28.3. The van der Waals surface area contributed by atoms with Crippen LogP contribution in [0.1, 0.15) is 0 Å². The van der Waals surface area contributed by atoms with Gasteiger partial charge >= 0.3 is 6.85 Å². The van der Waals surface area contributed by atoms with E-state index in [1.54, 1.807) is 0 Å². The average Bonchev–Trinajstić information content (AvgIpc) is 3.72. The normalized spacial score (nSPS) is 12.7. The molecule has 0 amide bonds. The minimum Gasteiger partial charge on any atom is -0.458 e. The van der Waals surface area contributed by atoms with Crippen LogP contribution in [0.5, 0.6) is 11.5 Å². The summed E-state index contributed by atoms with van der Waals surface area (Å²) in [5.74, 6) is 1.77. The first-order valence-electron chi connectivity index (χ1n) is 22.5. The molecule has 0 N–H and O–H groups in total. The highest BCUT2D eigenvalue weighted by Crippen LogP contribution is 2.45. The number of rotatable bonds is 7. The smallest absolute Gasteiger partial charge is 0.336 e. The Kier molecular flexibility index (Phi) is 8.65. The van der Waals surface area contributed by atoms with Crippen molar-refractivity contribution in [2.24, 2.45) is 0 Å². The zero-order valence-electron chi connectivity index (χ0n) is 35.6. The van der Waals surface area contributed by atoms with Gasteiger partial charge in [-0.1, -0.05) is 200 Å². The standard InChI is InChI=1S/C60H41BN2OSi/c1-5-21-43(22-6-1)63-57-36-20-16-32-51(57)52-40-47(65(44-23-7-2-8-24-44,45-25-9-3-10-26-45)46-27-11-4-12-28-46)41-59-60(52)61(63)53-38-37-42(39-58(53)64-59)48-29-13-17-33-54(48)62-55-34-18-14-30-49(55)50-31-15-19-35-56(50)62/h1-41H. The largest absolute Gasteiger partial charge is 0.458 e. The number of hydrogen-bond acceptors (Lipinski definition) is 2. The molecule has 0 fully saturated rings. The summed E-state index contributed by atoms with van der Waals surface area (Å²) in [6.45, 7) is -0.141. The third kappa shape index (κ3) is 5.69. The van der Waals surface area contributed by atoms with E-state index < -0.39 is 8.07 Å². The van der Waals surface area contributed by atoms with Gasteiger partial charge in [-0.15, -0.1) is 0 Å². The van der Waals surface area contributed by atoms with E-state index in [-0.39, 0.29) is 6.85 Å². The number of ether oxygens (including phenoxy) is 1. The van der Waals surface area contributed by atoms with Crippen LogP contribution in [0.15, 0.2) is 249 Å². The molecular formula is C60H41BN2OSi. The van der Waals surface area contributed by atoms with Gasteiger partial charge in [0.2, 0.25) is 0 Å². The maximum Gasteiger partial charge on any atom is 0.336 e. The predicted molar refractivity (Wildman–Crippen MR) is 275 cm³/mol. The lowest BCUT2D eigenvalue weighted by atomic mass is 9.44. The molecule has 0 bridgehead atoms. The number of fused-ring (bicyclic) bond motifs is 7. The van der Waals surface area contributed by atoms with E-state index in [0.717, 1.165) is 39.5 Å². The lowest BCUT2D eigenvalue weighted by molar-refractivity contribution is 0.488. The molecule has 0 saturated heterocycles. The highest BCUT2D eigenvalue weighted by Gasteiger charge is 2.47. The van der Waals surface area contributed by atoms with Crippen LogP contribution in [0.25, 0.3) is 49.7 Å². The van der Waals surface area contributed by atoms with E-state index in [2.05, 4.69) is 258 Å². The number of anilines is 2. The van der Waals surface area contributed by atoms with Gasteiger partial charge in [0, 0.05) is 38.7 Å². The molecular weight excluding hydrogens is 804 g/mol. The zero-order valence-corrected chi connectivity index (χ0v) is 36.6. The molecule has 65 heavy (non-hydrogen) atoms. The van der Waals surface area contributed by atoms with Crippen LogP contribution in [0.3, 0.4) is 0 Å². The number of hydrogen-bond donors (Lipinski definition) is 0. The molecule has 0 atom stereocenters. The summed E-state index contributed by atoms with van der Waals surface area (Å²) in [7, 11) is -2.94. The van der Waals surface area contributed by atoms with E-state index in [0.29, 0.717) is 0 Å². The zero-order chi connectivity index (χ0) is 42.9. The molecule has 2 aliphatic heterocycles. The van der Waals surface area contributed by atoms with Crippen molar-refractivity contribution in [3.05, 3.63) is 249 Å². The molecule has 10 aromatic carbocycles. The maximum absolute atomic E-state index is 7.49. The van der Waals surface area contributed by atoms with Gasteiger partial charge in [-0.05, 0) is 85.9 Å². The van der Waals surface area contributed by atoms with Gasteiger partial charge in [0.25, 0.3) is 0 Å². The van der Waals surface area contributed by atoms with Crippen LogP contribution >= 0.6 is 0 Å². The van der Waals surface area contributed by atoms with Gasteiger partial charge in [-0.3, -0.25) is 0 Å². The van der Waals surface area contributed by atoms with Gasteiger partial charge in [0.1, 0.15) is 11.5 Å². The highest BCUT2D eigenvalue weighted by molar-refractivity contribution is 7.20. The summed E-state index contributed by atoms with van der Waals surface area (Å²) in [6.07, 6.45) is 0. The van der Waals surface area contributed by atoms with Crippen molar-refractivity contribution in [1.82, 2.24) is 4.57 Å². The maximum atomic E-state index is 7.49. The first-order chi connectivity index (χ1) is 32.3. The Hall–Kier alpha value is -8.12. The van der Waals surface area contributed by atoms with E-state index >= 15 is 0 Å². The number of para-hydroxylation sites is 5. The second-order valence-corrected chi connectivity index (χ2v) is 21.0. The third-order valence-corrected chi connectivity index (χ3v) is 18.5. The summed E-state index contributed by atoms with van der Waals surface area (Å²) in [5, 5.41) is 7.76. The topological polar surface area (TPSA) is 17.4 Å². The molecule has 5 heteroatoms. The van der Waals surface area contributed by atoms with Crippen LogP contribution in [0.2, 0.25) is 0 Å². The third-order valence-electron chi connectivity index (χ3n) is 13.8. The van der Waals surface area contributed by atoms with Crippen molar-refractivity contribution < 1.29 is 4.74 Å². The lowest BCUT2D eigenvalue weighted by Crippen LogP contribution is -2.75. The van der Waals surface area contributed by atoms with Crippen molar-refractivity contribution in [3.8, 4) is 39.4 Å². The fourth-order valence-corrected chi connectivity index (χ4v) is 15.9. The molecule has 3 heterocycles. The van der Waals surface area contributed by atoms with Gasteiger partial charge < -0.3 is 14.1 Å². The minimum atomic E-state index is -2.94. The molecule has 304 valence electrons. The van der Waals surface area contributed by atoms with Gasteiger partial charge in [0.05, 0.1) is 16.7 Å². The van der Waals surface area contributed by atoms with Crippen molar-refractivity contribution in [2.75, 3.05) is 4.81 Å². The summed E-state index contributed by atoms with van der Waals surface area (Å²) in [4.78, 5) is 2.53.